The molecule has 7 nitrogen and oxygen atoms in total. The molecule has 9 heteroatoms. The van der Waals surface area contributed by atoms with Gasteiger partial charge in [0.15, 0.2) is 28.0 Å². The van der Waals surface area contributed by atoms with Gasteiger partial charge in [-0.15, -0.1) is 0 Å². The van der Waals surface area contributed by atoms with Gasteiger partial charge in [-0.2, -0.15) is 0 Å². The number of methoxy groups -OCH3 is 1. The van der Waals surface area contributed by atoms with Crippen LogP contribution in [-0.2, 0) is 19.4 Å². The summed E-state index contributed by atoms with van der Waals surface area (Å²) in [6.45, 7) is -0.542. The van der Waals surface area contributed by atoms with Gasteiger partial charge in [-0.25, -0.2) is 17.6 Å². The summed E-state index contributed by atoms with van der Waals surface area (Å²) in [5.41, 5.74) is -0.0489. The maximum Gasteiger partial charge on any atom is 0.338 e. The van der Waals surface area contributed by atoms with Gasteiger partial charge in [0, 0.05) is 13.1 Å². The number of likely N-dealkylation sites (N-methyl/N-ethyl adjacent to an activating group) is 1. The summed E-state index contributed by atoms with van der Waals surface area (Å²) < 4.78 is 46.0. The van der Waals surface area contributed by atoms with Crippen LogP contribution >= 0.6 is 0 Å². The first-order valence-corrected chi connectivity index (χ1v) is 9.02. The fourth-order valence-corrected chi connectivity index (χ4v) is 4.16. The van der Waals surface area contributed by atoms with Crippen LogP contribution < -0.4 is 4.74 Å². The summed E-state index contributed by atoms with van der Waals surface area (Å²) >= 11 is 0. The van der Waals surface area contributed by atoms with E-state index in [0.717, 1.165) is 6.07 Å². The molecule has 0 saturated carbocycles. The fourth-order valence-electron chi connectivity index (χ4n) is 2.39. The number of esters is 1. The number of sulfone groups is 1. The molecule has 1 aliphatic rings. The topological polar surface area (TPSA) is 90.0 Å². The Morgan fingerprint density at radius 3 is 2.62 bits per heavy atom. The van der Waals surface area contributed by atoms with Gasteiger partial charge < -0.3 is 14.4 Å². The largest absolute Gasteiger partial charge is 0.494 e. The minimum absolute atomic E-state index is 0.00944. The molecule has 1 amide bonds. The third-order valence-corrected chi connectivity index (χ3v) is 5.61. The van der Waals surface area contributed by atoms with Gasteiger partial charge in [0.2, 0.25) is 0 Å². The van der Waals surface area contributed by atoms with Gasteiger partial charge in [-0.3, -0.25) is 4.79 Å². The highest BCUT2D eigenvalue weighted by Gasteiger charge is 2.32. The van der Waals surface area contributed by atoms with Gasteiger partial charge >= 0.3 is 5.97 Å². The lowest BCUT2D eigenvalue weighted by atomic mass is 10.2. The predicted octanol–water partition coefficient (Wildman–Crippen LogP) is 0.637. The van der Waals surface area contributed by atoms with Crippen LogP contribution in [0.2, 0.25) is 0 Å². The van der Waals surface area contributed by atoms with E-state index in [0.29, 0.717) is 6.42 Å². The standard InChI is InChI=1S/C15H18FNO6S/c1-17(11-5-6-24(20,21)9-11)14(18)8-23-15(19)10-3-4-13(22-2)12(16)7-10/h3-4,7,11H,5-6,8-9H2,1-2H3/t11-/m1/s1. The number of amides is 1. The van der Waals surface area contributed by atoms with Crippen molar-refractivity contribution in [2.45, 2.75) is 12.5 Å². The smallest absolute Gasteiger partial charge is 0.338 e. The van der Waals surface area contributed by atoms with E-state index >= 15 is 0 Å². The van der Waals surface area contributed by atoms with E-state index in [1.54, 1.807) is 0 Å². The first kappa shape index (κ1) is 18.2. The second kappa shape index (κ2) is 7.16. The number of ether oxygens (including phenoxy) is 2. The van der Waals surface area contributed by atoms with Crippen molar-refractivity contribution in [3.63, 3.8) is 0 Å². The quantitative estimate of drug-likeness (QED) is 0.717. The Morgan fingerprint density at radius 1 is 1.38 bits per heavy atom. The molecule has 1 heterocycles. The highest BCUT2D eigenvalue weighted by molar-refractivity contribution is 7.91. The number of hydrogen-bond acceptors (Lipinski definition) is 6. The van der Waals surface area contributed by atoms with E-state index in [1.165, 1.54) is 31.2 Å². The number of nitrogens with zero attached hydrogens (tertiary/aromatic N) is 1. The Hall–Kier alpha value is -2.16. The lowest BCUT2D eigenvalue weighted by Gasteiger charge is -2.23. The van der Waals surface area contributed by atoms with Crippen LogP contribution in [0.3, 0.4) is 0 Å². The maximum atomic E-state index is 13.6. The number of halogens is 1. The molecular weight excluding hydrogens is 341 g/mol. The third-order valence-electron chi connectivity index (χ3n) is 3.86. The molecule has 2 rings (SSSR count). The van der Waals surface area contributed by atoms with Crippen molar-refractivity contribution in [3.8, 4) is 5.75 Å². The maximum absolute atomic E-state index is 13.6. The first-order valence-electron chi connectivity index (χ1n) is 7.20. The summed E-state index contributed by atoms with van der Waals surface area (Å²) in [5, 5.41) is 0. The number of carbonyl (C=O) groups excluding carboxylic acids is 2. The first-order chi connectivity index (χ1) is 11.2. The molecule has 0 aliphatic carbocycles. The number of carbonyl (C=O) groups is 2. The van der Waals surface area contributed by atoms with Crippen LogP contribution in [0.5, 0.6) is 5.75 Å². The van der Waals surface area contributed by atoms with Crippen molar-refractivity contribution >= 4 is 21.7 Å². The second-order valence-electron chi connectivity index (χ2n) is 5.49. The lowest BCUT2D eigenvalue weighted by Crippen LogP contribution is -2.40. The summed E-state index contributed by atoms with van der Waals surface area (Å²) in [4.78, 5) is 25.1. The molecular formula is C15H18FNO6S. The molecule has 0 radical (unpaired) electrons. The molecule has 0 spiro atoms. The normalized spacial score (nSPS) is 18.9. The van der Waals surface area contributed by atoms with Crippen LogP contribution in [0, 0.1) is 5.82 Å². The Morgan fingerprint density at radius 2 is 2.08 bits per heavy atom. The minimum atomic E-state index is -3.11. The van der Waals surface area contributed by atoms with Gasteiger partial charge in [-0.1, -0.05) is 0 Å². The summed E-state index contributed by atoms with van der Waals surface area (Å²) in [5.74, 6) is -2.14. The van der Waals surface area contributed by atoms with Crippen LogP contribution in [0.15, 0.2) is 18.2 Å². The molecule has 1 saturated heterocycles. The minimum Gasteiger partial charge on any atom is -0.494 e. The Kier molecular flexibility index (Phi) is 5.43. The fraction of sp³-hybridized carbons (Fsp3) is 0.467. The molecule has 1 aliphatic heterocycles. The van der Waals surface area contributed by atoms with E-state index < -0.39 is 40.2 Å². The zero-order chi connectivity index (χ0) is 17.9. The van der Waals surface area contributed by atoms with Crippen LogP contribution in [0.1, 0.15) is 16.8 Å². The SMILES string of the molecule is COc1ccc(C(=O)OCC(=O)N(C)[C@@H]2CCS(=O)(=O)C2)cc1F. The molecule has 0 N–H and O–H groups in total. The monoisotopic (exact) mass is 359 g/mol. The van der Waals surface area contributed by atoms with Crippen LogP contribution in [0.4, 0.5) is 4.39 Å². The van der Waals surface area contributed by atoms with Crippen molar-refractivity contribution in [3.05, 3.63) is 29.6 Å². The van der Waals surface area contributed by atoms with E-state index in [1.807, 2.05) is 0 Å². The third kappa shape index (κ3) is 4.22. The van der Waals surface area contributed by atoms with Crippen molar-refractivity contribution in [2.75, 3.05) is 32.3 Å². The molecule has 0 aromatic heterocycles. The van der Waals surface area contributed by atoms with Gasteiger partial charge in [-0.05, 0) is 24.6 Å². The Labute approximate surface area is 139 Å². The second-order valence-corrected chi connectivity index (χ2v) is 7.72. The molecule has 1 aromatic rings. The van der Waals surface area contributed by atoms with Gasteiger partial charge in [0.1, 0.15) is 0 Å². The molecule has 24 heavy (non-hydrogen) atoms. The van der Waals surface area contributed by atoms with E-state index in [2.05, 4.69) is 0 Å². The number of hydrogen-bond donors (Lipinski definition) is 0. The number of rotatable bonds is 5. The average molecular weight is 359 g/mol. The van der Waals surface area contributed by atoms with Gasteiger partial charge in [0.25, 0.3) is 5.91 Å². The lowest BCUT2D eigenvalue weighted by molar-refractivity contribution is -0.134. The summed E-state index contributed by atoms with van der Waals surface area (Å²) in [7, 11) is -0.348. The highest BCUT2D eigenvalue weighted by atomic mass is 32.2. The predicted molar refractivity (Wildman–Crippen MR) is 83.1 cm³/mol. The summed E-state index contributed by atoms with van der Waals surface area (Å²) in [6.07, 6.45) is 0.363. The van der Waals surface area contributed by atoms with Crippen molar-refractivity contribution in [1.29, 1.82) is 0 Å². The molecule has 0 unspecified atom stereocenters. The van der Waals surface area contributed by atoms with E-state index in [4.69, 9.17) is 9.47 Å². The zero-order valence-electron chi connectivity index (χ0n) is 13.3. The van der Waals surface area contributed by atoms with Crippen LogP contribution in [-0.4, -0.2) is 63.5 Å². The average Bonchev–Trinajstić information content (AvgIpc) is 2.91. The molecule has 1 aromatic carbocycles. The highest BCUT2D eigenvalue weighted by Crippen LogP contribution is 2.19. The van der Waals surface area contributed by atoms with Crippen molar-refractivity contribution < 1.29 is 31.9 Å². The van der Waals surface area contributed by atoms with Crippen molar-refractivity contribution in [2.24, 2.45) is 0 Å². The molecule has 1 atom stereocenters. The zero-order valence-corrected chi connectivity index (χ0v) is 14.1. The van der Waals surface area contributed by atoms with E-state index in [9.17, 15) is 22.4 Å². The summed E-state index contributed by atoms with van der Waals surface area (Å²) in [6, 6.07) is 3.14. The molecule has 0 bridgehead atoms. The Balaban J connectivity index is 1.91. The van der Waals surface area contributed by atoms with E-state index in [-0.39, 0.29) is 22.8 Å². The Bertz CT molecular complexity index is 748. The van der Waals surface area contributed by atoms with Crippen LogP contribution in [0.25, 0.3) is 0 Å². The number of benzene rings is 1. The van der Waals surface area contributed by atoms with Crippen molar-refractivity contribution in [1.82, 2.24) is 4.90 Å². The molecule has 132 valence electrons. The van der Waals surface area contributed by atoms with Gasteiger partial charge in [0.05, 0.1) is 24.2 Å². The molecule has 1 fully saturated rings.